The monoisotopic (exact) mass is 193 g/mol. The van der Waals surface area contributed by atoms with E-state index in [0.717, 1.165) is 0 Å². The second kappa shape index (κ2) is 4.54. The van der Waals surface area contributed by atoms with E-state index in [1.165, 1.54) is 0 Å². The number of carbonyl (C=O) groups excluding carboxylic acids is 1. The molecule has 3 heteroatoms. The van der Waals surface area contributed by atoms with E-state index in [-0.39, 0.29) is 5.91 Å². The lowest BCUT2D eigenvalue weighted by molar-refractivity contribution is -0.111. The fourth-order valence-electron chi connectivity index (χ4n) is 0.809. The van der Waals surface area contributed by atoms with E-state index < -0.39 is 0 Å². The topological polar surface area (TPSA) is 29.1 Å². The third-order valence-corrected chi connectivity index (χ3v) is 1.59. The summed E-state index contributed by atoms with van der Waals surface area (Å²) in [6.07, 6.45) is 0. The zero-order valence-corrected chi connectivity index (χ0v) is 7.85. The molecule has 0 aliphatic carbocycles. The summed E-state index contributed by atoms with van der Waals surface area (Å²) in [6.45, 7) is 1.61. The molecule has 0 spiro atoms. The average Bonchev–Trinajstić information content (AvgIpc) is 2.09. The Morgan fingerprint density at radius 3 is 2.54 bits per heavy atom. The molecule has 0 fully saturated rings. The minimum atomic E-state index is -0.315. The fourth-order valence-corrected chi connectivity index (χ4v) is 0.935. The van der Waals surface area contributed by atoms with Gasteiger partial charge in [-0.1, -0.05) is 17.5 Å². The molecule has 1 amide bonds. The SMILES string of the molecule is CC#CC(=O)Nc1ccc(Cl)cc1. The number of halogens is 1. The number of benzene rings is 1. The molecule has 66 valence electrons. The molecular weight excluding hydrogens is 186 g/mol. The predicted octanol–water partition coefficient (Wildman–Crippen LogP) is 2.30. The van der Waals surface area contributed by atoms with Crippen LogP contribution < -0.4 is 5.32 Å². The van der Waals surface area contributed by atoms with Crippen molar-refractivity contribution < 1.29 is 4.79 Å². The fraction of sp³-hybridized carbons (Fsp3) is 0.100. The highest BCUT2D eigenvalue weighted by molar-refractivity contribution is 6.30. The summed E-state index contributed by atoms with van der Waals surface area (Å²) < 4.78 is 0. The van der Waals surface area contributed by atoms with Crippen molar-refractivity contribution in [1.82, 2.24) is 0 Å². The Balaban J connectivity index is 2.68. The average molecular weight is 194 g/mol. The lowest BCUT2D eigenvalue weighted by Gasteiger charge is -1.99. The van der Waals surface area contributed by atoms with E-state index in [1.807, 2.05) is 0 Å². The normalized spacial score (nSPS) is 8.46. The van der Waals surface area contributed by atoms with E-state index in [4.69, 9.17) is 11.6 Å². The van der Waals surface area contributed by atoms with Crippen LogP contribution in [-0.4, -0.2) is 5.91 Å². The number of rotatable bonds is 1. The standard InChI is InChI=1S/C10H8ClNO/c1-2-3-10(13)12-9-6-4-8(11)5-7-9/h4-7H,1H3,(H,12,13). The van der Waals surface area contributed by atoms with Crippen LogP contribution in [0, 0.1) is 11.8 Å². The molecule has 2 nitrogen and oxygen atoms in total. The Bertz CT molecular complexity index is 359. The van der Waals surface area contributed by atoms with Crippen LogP contribution in [-0.2, 0) is 4.79 Å². The summed E-state index contributed by atoms with van der Waals surface area (Å²) in [5, 5.41) is 3.24. The van der Waals surface area contributed by atoms with E-state index in [0.29, 0.717) is 10.7 Å². The van der Waals surface area contributed by atoms with Crippen molar-refractivity contribution in [3.63, 3.8) is 0 Å². The summed E-state index contributed by atoms with van der Waals surface area (Å²) in [4.78, 5) is 11.0. The van der Waals surface area contributed by atoms with Gasteiger partial charge in [0.25, 0.3) is 5.91 Å². The van der Waals surface area contributed by atoms with Crippen LogP contribution in [0.3, 0.4) is 0 Å². The lowest BCUT2D eigenvalue weighted by atomic mass is 10.3. The van der Waals surface area contributed by atoms with Crippen molar-refractivity contribution in [2.24, 2.45) is 0 Å². The summed E-state index contributed by atoms with van der Waals surface area (Å²) in [5.74, 6) is 4.57. The van der Waals surface area contributed by atoms with Gasteiger partial charge in [0, 0.05) is 10.7 Å². The van der Waals surface area contributed by atoms with Crippen molar-refractivity contribution >= 4 is 23.2 Å². The van der Waals surface area contributed by atoms with Gasteiger partial charge in [0.05, 0.1) is 0 Å². The summed E-state index contributed by atoms with van der Waals surface area (Å²) in [7, 11) is 0. The minimum absolute atomic E-state index is 0.315. The Morgan fingerprint density at radius 1 is 1.38 bits per heavy atom. The molecule has 13 heavy (non-hydrogen) atoms. The molecule has 1 N–H and O–H groups in total. The van der Waals surface area contributed by atoms with Gasteiger partial charge in [-0.25, -0.2) is 0 Å². The number of nitrogens with one attached hydrogen (secondary N) is 1. The molecule has 0 bridgehead atoms. The maximum absolute atomic E-state index is 11.0. The molecule has 0 atom stereocenters. The Morgan fingerprint density at radius 2 is 2.00 bits per heavy atom. The number of hydrogen-bond acceptors (Lipinski definition) is 1. The molecule has 1 aromatic rings. The van der Waals surface area contributed by atoms with Crippen molar-refractivity contribution in [3.05, 3.63) is 29.3 Å². The zero-order chi connectivity index (χ0) is 9.68. The quantitative estimate of drug-likeness (QED) is 0.682. The van der Waals surface area contributed by atoms with Gasteiger partial charge in [-0.05, 0) is 37.1 Å². The Hall–Kier alpha value is -1.46. The number of hydrogen-bond donors (Lipinski definition) is 1. The van der Waals surface area contributed by atoms with Crippen LogP contribution >= 0.6 is 11.6 Å². The molecular formula is C10H8ClNO. The third kappa shape index (κ3) is 3.18. The predicted molar refractivity (Wildman–Crippen MR) is 53.5 cm³/mol. The minimum Gasteiger partial charge on any atom is -0.315 e. The van der Waals surface area contributed by atoms with Gasteiger partial charge in [0.15, 0.2) is 0 Å². The van der Waals surface area contributed by atoms with Gasteiger partial charge >= 0.3 is 0 Å². The maximum atomic E-state index is 11.0. The van der Waals surface area contributed by atoms with Gasteiger partial charge in [0.1, 0.15) is 0 Å². The third-order valence-electron chi connectivity index (χ3n) is 1.34. The largest absolute Gasteiger partial charge is 0.315 e. The molecule has 0 radical (unpaired) electrons. The smallest absolute Gasteiger partial charge is 0.300 e. The Kier molecular flexibility index (Phi) is 3.36. The zero-order valence-electron chi connectivity index (χ0n) is 7.10. The van der Waals surface area contributed by atoms with Crippen LogP contribution in [0.1, 0.15) is 6.92 Å². The number of carbonyl (C=O) groups is 1. The molecule has 0 aromatic heterocycles. The van der Waals surface area contributed by atoms with Crippen LogP contribution in [0.5, 0.6) is 0 Å². The van der Waals surface area contributed by atoms with Gasteiger partial charge < -0.3 is 5.32 Å². The Labute approximate surface area is 81.9 Å². The van der Waals surface area contributed by atoms with E-state index in [9.17, 15) is 4.79 Å². The molecule has 0 aliphatic rings. The van der Waals surface area contributed by atoms with Gasteiger partial charge in [-0.15, -0.1) is 0 Å². The molecule has 1 aromatic carbocycles. The van der Waals surface area contributed by atoms with Crippen molar-refractivity contribution in [2.75, 3.05) is 5.32 Å². The first-order valence-electron chi connectivity index (χ1n) is 3.71. The van der Waals surface area contributed by atoms with Crippen molar-refractivity contribution in [2.45, 2.75) is 6.92 Å². The first-order valence-corrected chi connectivity index (χ1v) is 4.09. The van der Waals surface area contributed by atoms with Crippen molar-refractivity contribution in [1.29, 1.82) is 0 Å². The van der Waals surface area contributed by atoms with Crippen LogP contribution in [0.4, 0.5) is 5.69 Å². The second-order valence-electron chi connectivity index (χ2n) is 2.34. The van der Waals surface area contributed by atoms with E-state index in [1.54, 1.807) is 31.2 Å². The molecule has 0 heterocycles. The lowest BCUT2D eigenvalue weighted by Crippen LogP contribution is -2.07. The second-order valence-corrected chi connectivity index (χ2v) is 2.77. The molecule has 0 saturated heterocycles. The summed E-state index contributed by atoms with van der Waals surface area (Å²) in [5.41, 5.74) is 0.692. The van der Waals surface area contributed by atoms with Gasteiger partial charge in [0.2, 0.25) is 0 Å². The van der Waals surface area contributed by atoms with Crippen LogP contribution in [0.2, 0.25) is 5.02 Å². The molecule has 0 unspecified atom stereocenters. The highest BCUT2D eigenvalue weighted by Crippen LogP contribution is 2.12. The summed E-state index contributed by atoms with van der Waals surface area (Å²) in [6, 6.07) is 6.85. The number of amides is 1. The van der Waals surface area contributed by atoms with E-state index in [2.05, 4.69) is 17.2 Å². The van der Waals surface area contributed by atoms with Gasteiger partial charge in [-0.3, -0.25) is 4.79 Å². The molecule has 0 saturated carbocycles. The van der Waals surface area contributed by atoms with Crippen molar-refractivity contribution in [3.8, 4) is 11.8 Å². The van der Waals surface area contributed by atoms with Gasteiger partial charge in [-0.2, -0.15) is 0 Å². The van der Waals surface area contributed by atoms with Crippen LogP contribution in [0.15, 0.2) is 24.3 Å². The first kappa shape index (κ1) is 9.63. The number of anilines is 1. The highest BCUT2D eigenvalue weighted by atomic mass is 35.5. The molecule has 1 rings (SSSR count). The van der Waals surface area contributed by atoms with Crippen LogP contribution in [0.25, 0.3) is 0 Å². The van der Waals surface area contributed by atoms with E-state index >= 15 is 0 Å². The maximum Gasteiger partial charge on any atom is 0.300 e. The highest BCUT2D eigenvalue weighted by Gasteiger charge is 1.96. The first-order chi connectivity index (χ1) is 6.22. The molecule has 0 aliphatic heterocycles. The summed E-state index contributed by atoms with van der Waals surface area (Å²) >= 11 is 5.67.